The summed E-state index contributed by atoms with van der Waals surface area (Å²) in [5.74, 6) is -0.186. The van der Waals surface area contributed by atoms with Crippen molar-refractivity contribution in [1.29, 1.82) is 0 Å². The molecule has 0 radical (unpaired) electrons. The Morgan fingerprint density at radius 1 is 1.17 bits per heavy atom. The number of rotatable bonds is 5. The van der Waals surface area contributed by atoms with Crippen LogP contribution in [-0.4, -0.2) is 45.9 Å². The van der Waals surface area contributed by atoms with Crippen molar-refractivity contribution < 1.29 is 4.79 Å². The lowest BCUT2D eigenvalue weighted by Crippen LogP contribution is -2.38. The number of benzene rings is 1. The van der Waals surface area contributed by atoms with Crippen molar-refractivity contribution in [3.8, 4) is 0 Å². The lowest BCUT2D eigenvalue weighted by molar-refractivity contribution is 0.0928. The van der Waals surface area contributed by atoms with Gasteiger partial charge in [0.25, 0.3) is 5.91 Å². The van der Waals surface area contributed by atoms with E-state index in [1.807, 2.05) is 6.07 Å². The molecule has 122 valence electrons. The third kappa shape index (κ3) is 4.16. The Kier molecular flexibility index (Phi) is 5.37. The van der Waals surface area contributed by atoms with Gasteiger partial charge in [-0.05, 0) is 31.5 Å². The van der Waals surface area contributed by atoms with Crippen LogP contribution in [-0.2, 0) is 0 Å². The molecule has 1 fully saturated rings. The molecule has 2 N–H and O–H groups in total. The maximum Gasteiger partial charge on any atom is 0.273 e. The zero-order chi connectivity index (χ0) is 15.9. The summed E-state index contributed by atoms with van der Waals surface area (Å²) < 4.78 is 0. The van der Waals surface area contributed by atoms with Crippen LogP contribution in [0.25, 0.3) is 0 Å². The molecule has 1 amide bonds. The summed E-state index contributed by atoms with van der Waals surface area (Å²) in [4.78, 5) is 14.6. The number of carbonyl (C=O) groups is 1. The van der Waals surface area contributed by atoms with Crippen molar-refractivity contribution in [2.45, 2.75) is 31.7 Å². The first-order chi connectivity index (χ1) is 11.3. The molecule has 6 nitrogen and oxygen atoms in total. The molecule has 1 aromatic carbocycles. The van der Waals surface area contributed by atoms with E-state index < -0.39 is 0 Å². The summed E-state index contributed by atoms with van der Waals surface area (Å²) in [6.45, 7) is 2.74. The number of H-pyrrole nitrogens is 1. The molecule has 1 aliphatic rings. The normalized spacial score (nSPS) is 17.4. The van der Waals surface area contributed by atoms with Crippen molar-refractivity contribution in [2.75, 3.05) is 19.6 Å². The maximum atomic E-state index is 12.1. The van der Waals surface area contributed by atoms with Gasteiger partial charge < -0.3 is 5.32 Å². The SMILES string of the molecule is O=C(NC[C@H](c1ccccc1)N1CCCCCC1)c1cn[nH]n1. The van der Waals surface area contributed by atoms with Gasteiger partial charge in [-0.25, -0.2) is 0 Å². The Bertz CT molecular complexity index is 591. The third-order valence-corrected chi connectivity index (χ3v) is 4.37. The number of nitrogens with zero attached hydrogens (tertiary/aromatic N) is 3. The fourth-order valence-electron chi connectivity index (χ4n) is 3.13. The predicted octanol–water partition coefficient (Wildman–Crippen LogP) is 2.15. The van der Waals surface area contributed by atoms with Crippen LogP contribution in [0.3, 0.4) is 0 Å². The number of likely N-dealkylation sites (tertiary alicyclic amines) is 1. The van der Waals surface area contributed by atoms with Crippen LogP contribution in [0.2, 0.25) is 0 Å². The van der Waals surface area contributed by atoms with E-state index in [1.165, 1.54) is 37.4 Å². The van der Waals surface area contributed by atoms with E-state index in [4.69, 9.17) is 0 Å². The number of aromatic nitrogens is 3. The summed E-state index contributed by atoms with van der Waals surface area (Å²) in [7, 11) is 0. The highest BCUT2D eigenvalue weighted by Crippen LogP contribution is 2.23. The van der Waals surface area contributed by atoms with E-state index >= 15 is 0 Å². The average Bonchev–Trinajstić information content (AvgIpc) is 3.00. The van der Waals surface area contributed by atoms with Crippen LogP contribution in [0.15, 0.2) is 36.5 Å². The van der Waals surface area contributed by atoms with Crippen LogP contribution < -0.4 is 5.32 Å². The van der Waals surface area contributed by atoms with Gasteiger partial charge in [-0.2, -0.15) is 15.4 Å². The molecule has 6 heteroatoms. The quantitative estimate of drug-likeness (QED) is 0.887. The smallest absolute Gasteiger partial charge is 0.273 e. The maximum absolute atomic E-state index is 12.1. The molecule has 1 aliphatic heterocycles. The van der Waals surface area contributed by atoms with Crippen LogP contribution in [0.4, 0.5) is 0 Å². The van der Waals surface area contributed by atoms with Crippen molar-refractivity contribution in [1.82, 2.24) is 25.6 Å². The molecule has 23 heavy (non-hydrogen) atoms. The van der Waals surface area contributed by atoms with Gasteiger partial charge in [0, 0.05) is 6.54 Å². The fraction of sp³-hybridized carbons (Fsp3) is 0.471. The van der Waals surface area contributed by atoms with Crippen molar-refractivity contribution in [3.63, 3.8) is 0 Å². The summed E-state index contributed by atoms with van der Waals surface area (Å²) >= 11 is 0. The largest absolute Gasteiger partial charge is 0.349 e. The second kappa shape index (κ2) is 7.87. The van der Waals surface area contributed by atoms with Gasteiger partial charge in [-0.15, -0.1) is 0 Å². The van der Waals surface area contributed by atoms with E-state index in [0.29, 0.717) is 12.2 Å². The predicted molar refractivity (Wildman–Crippen MR) is 87.9 cm³/mol. The Labute approximate surface area is 136 Å². The molecule has 3 rings (SSSR count). The lowest BCUT2D eigenvalue weighted by atomic mass is 10.0. The Balaban J connectivity index is 1.71. The molecule has 2 aromatic rings. The molecule has 0 saturated carbocycles. The van der Waals surface area contributed by atoms with Crippen LogP contribution in [0.5, 0.6) is 0 Å². The van der Waals surface area contributed by atoms with Crippen LogP contribution in [0.1, 0.15) is 47.8 Å². The molecule has 1 aromatic heterocycles. The molecule has 1 saturated heterocycles. The van der Waals surface area contributed by atoms with Crippen LogP contribution in [0, 0.1) is 0 Å². The number of hydrogen-bond acceptors (Lipinski definition) is 4. The highest BCUT2D eigenvalue weighted by molar-refractivity contribution is 5.91. The summed E-state index contributed by atoms with van der Waals surface area (Å²) in [6.07, 6.45) is 6.48. The highest BCUT2D eigenvalue weighted by atomic mass is 16.2. The van der Waals surface area contributed by atoms with Crippen LogP contribution >= 0.6 is 0 Å². The zero-order valence-corrected chi connectivity index (χ0v) is 13.2. The molecular formula is C17H23N5O. The molecule has 1 atom stereocenters. The first-order valence-electron chi connectivity index (χ1n) is 8.27. The number of amides is 1. The van der Waals surface area contributed by atoms with E-state index in [-0.39, 0.29) is 11.9 Å². The Morgan fingerprint density at radius 3 is 2.57 bits per heavy atom. The number of hydrogen-bond donors (Lipinski definition) is 2. The van der Waals surface area contributed by atoms with Crippen molar-refractivity contribution in [2.24, 2.45) is 0 Å². The van der Waals surface area contributed by atoms with E-state index in [0.717, 1.165) is 13.1 Å². The first-order valence-corrected chi connectivity index (χ1v) is 8.27. The molecule has 0 spiro atoms. The molecular weight excluding hydrogens is 290 g/mol. The van der Waals surface area contributed by atoms with Crippen molar-refractivity contribution in [3.05, 3.63) is 47.8 Å². The lowest BCUT2D eigenvalue weighted by Gasteiger charge is -2.31. The Hall–Kier alpha value is -2.21. The first kappa shape index (κ1) is 15.7. The van der Waals surface area contributed by atoms with Gasteiger partial charge in [0.1, 0.15) is 0 Å². The van der Waals surface area contributed by atoms with Gasteiger partial charge in [0.15, 0.2) is 5.69 Å². The van der Waals surface area contributed by atoms with E-state index in [2.05, 4.69) is 49.9 Å². The Morgan fingerprint density at radius 2 is 1.91 bits per heavy atom. The highest BCUT2D eigenvalue weighted by Gasteiger charge is 2.22. The van der Waals surface area contributed by atoms with E-state index in [9.17, 15) is 4.79 Å². The average molecular weight is 313 g/mol. The van der Waals surface area contributed by atoms with Gasteiger partial charge in [-0.1, -0.05) is 43.2 Å². The summed E-state index contributed by atoms with van der Waals surface area (Å²) in [5.41, 5.74) is 1.57. The molecule has 0 aliphatic carbocycles. The second-order valence-electron chi connectivity index (χ2n) is 5.94. The number of carbonyl (C=O) groups excluding carboxylic acids is 1. The minimum atomic E-state index is -0.186. The third-order valence-electron chi connectivity index (χ3n) is 4.37. The standard InChI is InChI=1S/C17H23N5O/c23-17(15-12-19-21-20-15)18-13-16(14-8-4-3-5-9-14)22-10-6-1-2-7-11-22/h3-5,8-9,12,16H,1-2,6-7,10-11,13H2,(H,18,23)(H,19,20,21)/t16-/m1/s1. The van der Waals surface area contributed by atoms with Gasteiger partial charge in [-0.3, -0.25) is 9.69 Å². The monoisotopic (exact) mass is 313 g/mol. The number of aromatic amines is 1. The second-order valence-corrected chi connectivity index (χ2v) is 5.94. The molecule has 2 heterocycles. The van der Waals surface area contributed by atoms with Gasteiger partial charge in [0.2, 0.25) is 0 Å². The zero-order valence-electron chi connectivity index (χ0n) is 13.2. The fourth-order valence-corrected chi connectivity index (χ4v) is 3.13. The number of nitrogens with one attached hydrogen (secondary N) is 2. The summed E-state index contributed by atoms with van der Waals surface area (Å²) in [5, 5.41) is 13.0. The topological polar surface area (TPSA) is 73.9 Å². The van der Waals surface area contributed by atoms with Crippen molar-refractivity contribution >= 4 is 5.91 Å². The molecule has 0 unspecified atom stereocenters. The van der Waals surface area contributed by atoms with Gasteiger partial charge >= 0.3 is 0 Å². The van der Waals surface area contributed by atoms with E-state index in [1.54, 1.807) is 0 Å². The minimum Gasteiger partial charge on any atom is -0.349 e. The molecule has 0 bridgehead atoms. The summed E-state index contributed by atoms with van der Waals surface area (Å²) in [6, 6.07) is 10.6. The van der Waals surface area contributed by atoms with Gasteiger partial charge in [0.05, 0.1) is 12.2 Å². The minimum absolute atomic E-state index is 0.186.